The van der Waals surface area contributed by atoms with Gasteiger partial charge >= 0.3 is 0 Å². The fourth-order valence-electron chi connectivity index (χ4n) is 4.66. The number of hydrogen-bond donors (Lipinski definition) is 1. The third-order valence-electron chi connectivity index (χ3n) is 6.57. The molecule has 2 aromatic heterocycles. The lowest BCUT2D eigenvalue weighted by molar-refractivity contribution is 0.0708. The quantitative estimate of drug-likeness (QED) is 0.329. The van der Waals surface area contributed by atoms with Crippen LogP contribution in [-0.2, 0) is 0 Å². The van der Waals surface area contributed by atoms with E-state index in [0.29, 0.717) is 47.3 Å². The Morgan fingerprint density at radius 2 is 1.76 bits per heavy atom. The van der Waals surface area contributed by atoms with E-state index in [2.05, 4.69) is 15.3 Å². The van der Waals surface area contributed by atoms with Gasteiger partial charge in [-0.3, -0.25) is 9.59 Å². The van der Waals surface area contributed by atoms with Crippen molar-refractivity contribution in [3.05, 3.63) is 57.0 Å². The number of anilines is 1. The summed E-state index contributed by atoms with van der Waals surface area (Å²) in [5.41, 5.74) is 2.40. The van der Waals surface area contributed by atoms with Gasteiger partial charge in [0.1, 0.15) is 5.69 Å². The smallest absolute Gasteiger partial charge is 0.275 e. The Bertz CT molecular complexity index is 1490. The summed E-state index contributed by atoms with van der Waals surface area (Å²) in [5.74, 6) is 1.08. The average molecular weight is 553 g/mol. The summed E-state index contributed by atoms with van der Waals surface area (Å²) in [6.45, 7) is 3.12. The van der Waals surface area contributed by atoms with Gasteiger partial charge in [0.05, 0.1) is 47.1 Å². The molecular weight excluding hydrogens is 524 g/mol. The number of carbonyl (C=O) groups excluding carboxylic acids is 2. The zero-order valence-corrected chi connectivity index (χ0v) is 23.2. The Morgan fingerprint density at radius 1 is 1.00 bits per heavy atom. The molecule has 11 heteroatoms. The van der Waals surface area contributed by atoms with Crippen LogP contribution in [0.2, 0.25) is 0 Å². The number of carbonyl (C=O) groups is 2. The molecule has 2 aromatic carbocycles. The van der Waals surface area contributed by atoms with E-state index < -0.39 is 0 Å². The molecule has 0 radical (unpaired) electrons. The number of aryl methyl sites for hydroxylation is 1. The minimum Gasteiger partial charge on any atom is -0.493 e. The van der Waals surface area contributed by atoms with Gasteiger partial charge in [0.2, 0.25) is 5.75 Å². The molecule has 1 aliphatic rings. The molecule has 0 bridgehead atoms. The Hall–Kier alpha value is -3.70. The number of hydrogen-bond acceptors (Lipinski definition) is 9. The van der Waals surface area contributed by atoms with Crippen LogP contribution < -0.4 is 19.5 Å². The van der Waals surface area contributed by atoms with Crippen LogP contribution in [0.5, 0.6) is 17.2 Å². The maximum Gasteiger partial charge on any atom is 0.275 e. The van der Waals surface area contributed by atoms with Gasteiger partial charge in [0, 0.05) is 30.1 Å². The van der Waals surface area contributed by atoms with Crippen molar-refractivity contribution < 1.29 is 23.8 Å². The molecule has 0 atom stereocenters. The van der Waals surface area contributed by atoms with Crippen molar-refractivity contribution in [3.63, 3.8) is 0 Å². The molecule has 4 aromatic rings. The van der Waals surface area contributed by atoms with E-state index in [-0.39, 0.29) is 17.7 Å². The lowest BCUT2D eigenvalue weighted by Crippen LogP contribution is -2.38. The lowest BCUT2D eigenvalue weighted by atomic mass is 9.97. The fraction of sp³-hybridized carbons (Fsp3) is 0.333. The third-order valence-corrected chi connectivity index (χ3v) is 8.53. The van der Waals surface area contributed by atoms with E-state index in [1.807, 2.05) is 30.0 Å². The molecule has 1 saturated heterocycles. The van der Waals surface area contributed by atoms with Crippen molar-refractivity contribution in [3.8, 4) is 17.2 Å². The fourth-order valence-corrected chi connectivity index (χ4v) is 6.44. The monoisotopic (exact) mass is 552 g/mol. The van der Waals surface area contributed by atoms with Crippen LogP contribution >= 0.6 is 22.7 Å². The Labute approximate surface area is 228 Å². The molecule has 3 heterocycles. The number of rotatable bonds is 7. The second-order valence-electron chi connectivity index (χ2n) is 8.89. The molecule has 5 rings (SSSR count). The van der Waals surface area contributed by atoms with Crippen LogP contribution in [-0.4, -0.2) is 61.1 Å². The third kappa shape index (κ3) is 5.03. The van der Waals surface area contributed by atoms with E-state index >= 15 is 0 Å². The lowest BCUT2D eigenvalue weighted by Gasteiger charge is -2.31. The first-order valence-corrected chi connectivity index (χ1v) is 13.8. The van der Waals surface area contributed by atoms with E-state index in [4.69, 9.17) is 14.2 Å². The van der Waals surface area contributed by atoms with Gasteiger partial charge in [-0.1, -0.05) is 0 Å². The highest BCUT2D eigenvalue weighted by Gasteiger charge is 2.30. The topological polar surface area (TPSA) is 103 Å². The SMILES string of the molecule is COc1ccc(C(=O)N2CCC(c3nc(C(=O)Nc4ccc5sc(C)nc5c4)cs3)CC2)c(OC)c1OC. The predicted octanol–water partition coefficient (Wildman–Crippen LogP) is 5.36. The molecular formula is C27H28N4O5S2. The number of fused-ring (bicyclic) bond motifs is 1. The molecule has 38 heavy (non-hydrogen) atoms. The summed E-state index contributed by atoms with van der Waals surface area (Å²) in [6.07, 6.45) is 1.52. The Balaban J connectivity index is 1.22. The average Bonchev–Trinajstić information content (AvgIpc) is 3.58. The molecule has 0 spiro atoms. The molecule has 198 valence electrons. The number of benzene rings is 2. The molecule has 0 unspecified atom stereocenters. The van der Waals surface area contributed by atoms with E-state index in [9.17, 15) is 9.59 Å². The first kappa shape index (κ1) is 25.9. The zero-order valence-electron chi connectivity index (χ0n) is 21.6. The van der Waals surface area contributed by atoms with Gasteiger partial charge in [-0.05, 0) is 50.1 Å². The number of nitrogens with one attached hydrogen (secondary N) is 1. The molecule has 1 aliphatic heterocycles. The second kappa shape index (κ2) is 11.0. The Kier molecular flexibility index (Phi) is 7.48. The van der Waals surface area contributed by atoms with Crippen molar-refractivity contribution in [1.29, 1.82) is 0 Å². The summed E-state index contributed by atoms with van der Waals surface area (Å²) >= 11 is 3.11. The van der Waals surface area contributed by atoms with Gasteiger partial charge in [0.25, 0.3) is 11.8 Å². The largest absolute Gasteiger partial charge is 0.493 e. The highest BCUT2D eigenvalue weighted by atomic mass is 32.1. The standard InChI is InChI=1S/C27H28N4O5S2/c1-15-28-19-13-17(5-8-22(19)38-15)29-25(32)20-14-37-26(30-20)16-9-11-31(12-10-16)27(33)18-6-7-21(34-2)24(36-4)23(18)35-3/h5-8,13-14,16H,9-12H2,1-4H3,(H,29,32). The summed E-state index contributed by atoms with van der Waals surface area (Å²) in [5, 5.41) is 6.63. The van der Waals surface area contributed by atoms with Crippen LogP contribution in [0, 0.1) is 6.92 Å². The van der Waals surface area contributed by atoms with Crippen LogP contribution in [0.4, 0.5) is 5.69 Å². The van der Waals surface area contributed by atoms with E-state index in [0.717, 1.165) is 33.1 Å². The van der Waals surface area contributed by atoms with Gasteiger partial charge < -0.3 is 24.4 Å². The number of thiazole rings is 2. The van der Waals surface area contributed by atoms with Gasteiger partial charge in [0.15, 0.2) is 11.5 Å². The van der Waals surface area contributed by atoms with Crippen molar-refractivity contribution in [2.75, 3.05) is 39.7 Å². The normalized spacial score (nSPS) is 13.9. The molecule has 2 amide bonds. The van der Waals surface area contributed by atoms with Gasteiger partial charge in [-0.2, -0.15) is 0 Å². The van der Waals surface area contributed by atoms with Crippen LogP contribution in [0.15, 0.2) is 35.7 Å². The first-order chi connectivity index (χ1) is 18.4. The summed E-state index contributed by atoms with van der Waals surface area (Å²) in [7, 11) is 4.57. The number of methoxy groups -OCH3 is 3. The van der Waals surface area contributed by atoms with Gasteiger partial charge in [-0.15, -0.1) is 22.7 Å². The summed E-state index contributed by atoms with van der Waals surface area (Å²) < 4.78 is 17.3. The maximum absolute atomic E-state index is 13.3. The van der Waals surface area contributed by atoms with Gasteiger partial charge in [-0.25, -0.2) is 9.97 Å². The van der Waals surface area contributed by atoms with Crippen molar-refractivity contribution in [1.82, 2.24) is 14.9 Å². The van der Waals surface area contributed by atoms with Crippen LogP contribution in [0.25, 0.3) is 10.2 Å². The van der Waals surface area contributed by atoms with E-state index in [1.54, 1.807) is 36.0 Å². The number of piperidine rings is 1. The number of likely N-dealkylation sites (tertiary alicyclic amines) is 1. The highest BCUT2D eigenvalue weighted by molar-refractivity contribution is 7.18. The van der Waals surface area contributed by atoms with Crippen LogP contribution in [0.3, 0.4) is 0 Å². The maximum atomic E-state index is 13.3. The summed E-state index contributed by atoms with van der Waals surface area (Å²) in [6, 6.07) is 9.14. The number of nitrogens with zero attached hydrogens (tertiary/aromatic N) is 3. The molecule has 1 N–H and O–H groups in total. The Morgan fingerprint density at radius 3 is 2.47 bits per heavy atom. The highest BCUT2D eigenvalue weighted by Crippen LogP contribution is 2.41. The minimum absolute atomic E-state index is 0.118. The number of aromatic nitrogens is 2. The van der Waals surface area contributed by atoms with Crippen molar-refractivity contribution in [2.45, 2.75) is 25.7 Å². The van der Waals surface area contributed by atoms with Crippen molar-refractivity contribution in [2.24, 2.45) is 0 Å². The van der Waals surface area contributed by atoms with Crippen LogP contribution in [0.1, 0.15) is 49.6 Å². The number of amides is 2. The summed E-state index contributed by atoms with van der Waals surface area (Å²) in [4.78, 5) is 37.1. The molecule has 1 fully saturated rings. The number of ether oxygens (including phenoxy) is 3. The molecule has 0 aliphatic carbocycles. The zero-order chi connectivity index (χ0) is 26.8. The van der Waals surface area contributed by atoms with E-state index in [1.165, 1.54) is 25.6 Å². The van der Waals surface area contributed by atoms with Crippen molar-refractivity contribution >= 4 is 50.4 Å². The minimum atomic E-state index is -0.244. The second-order valence-corrected chi connectivity index (χ2v) is 11.0. The predicted molar refractivity (Wildman–Crippen MR) is 148 cm³/mol. The molecule has 0 saturated carbocycles. The first-order valence-electron chi connectivity index (χ1n) is 12.1. The molecule has 9 nitrogen and oxygen atoms in total.